The average molecular weight is 409 g/mol. The Balaban J connectivity index is 1.98. The molecule has 0 bridgehead atoms. The van der Waals surface area contributed by atoms with Gasteiger partial charge in [-0.15, -0.1) is 0 Å². The number of anilines is 1. The van der Waals surface area contributed by atoms with Gasteiger partial charge in [0.25, 0.3) is 5.91 Å². The van der Waals surface area contributed by atoms with Gasteiger partial charge in [0, 0.05) is 33.4 Å². The molecule has 1 amide bonds. The normalized spacial score (nSPS) is 11.8. The molecule has 0 saturated heterocycles. The number of likely N-dealkylation sites (N-methyl/N-ethyl adjacent to an activating group) is 1. The number of halogens is 2. The lowest BCUT2D eigenvalue weighted by Crippen LogP contribution is -2.37. The molecule has 1 atom stereocenters. The van der Waals surface area contributed by atoms with Crippen molar-refractivity contribution in [3.05, 3.63) is 58.3 Å². The fourth-order valence-electron chi connectivity index (χ4n) is 2.37. The fraction of sp³-hybridized carbons (Fsp3) is 0.316. The van der Waals surface area contributed by atoms with Gasteiger partial charge in [0.1, 0.15) is 11.6 Å². The predicted octanol–water partition coefficient (Wildman–Crippen LogP) is 4.08. The average Bonchev–Trinajstić information content (AvgIpc) is 2.57. The zero-order valence-electron chi connectivity index (χ0n) is 14.8. The molecule has 2 rings (SSSR count). The Morgan fingerprint density at radius 2 is 1.80 bits per heavy atom. The van der Waals surface area contributed by atoms with Crippen LogP contribution in [-0.2, 0) is 11.3 Å². The van der Waals surface area contributed by atoms with Crippen molar-refractivity contribution in [1.82, 2.24) is 4.90 Å². The molecule has 0 fully saturated rings. The minimum absolute atomic E-state index is 0.145. The summed E-state index contributed by atoms with van der Waals surface area (Å²) < 4.78 is 19.3. The summed E-state index contributed by atoms with van der Waals surface area (Å²) in [6.45, 7) is 2.18. The molecule has 0 radical (unpaired) electrons. The van der Waals surface area contributed by atoms with Crippen molar-refractivity contribution >= 4 is 27.5 Å². The second-order valence-electron chi connectivity index (χ2n) is 6.09. The largest absolute Gasteiger partial charge is 0.480 e. The van der Waals surface area contributed by atoms with E-state index in [-0.39, 0.29) is 11.7 Å². The fourth-order valence-corrected chi connectivity index (χ4v) is 2.82. The maximum Gasteiger partial charge on any atom is 0.263 e. The minimum Gasteiger partial charge on any atom is -0.480 e. The number of hydrogen-bond donors (Lipinski definition) is 0. The van der Waals surface area contributed by atoms with E-state index in [1.807, 2.05) is 43.3 Å². The van der Waals surface area contributed by atoms with E-state index in [1.165, 1.54) is 18.2 Å². The quantitative estimate of drug-likeness (QED) is 0.721. The first-order valence-corrected chi connectivity index (χ1v) is 8.70. The van der Waals surface area contributed by atoms with Gasteiger partial charge < -0.3 is 14.5 Å². The predicted molar refractivity (Wildman–Crippen MR) is 101 cm³/mol. The monoisotopic (exact) mass is 408 g/mol. The van der Waals surface area contributed by atoms with Crippen molar-refractivity contribution in [1.29, 1.82) is 0 Å². The molecule has 0 heterocycles. The Bertz CT molecular complexity index is 735. The minimum atomic E-state index is -0.673. The third-order valence-electron chi connectivity index (χ3n) is 3.79. The molecule has 134 valence electrons. The van der Waals surface area contributed by atoms with E-state index >= 15 is 0 Å². The van der Waals surface area contributed by atoms with Gasteiger partial charge in [-0.25, -0.2) is 4.39 Å². The highest BCUT2D eigenvalue weighted by molar-refractivity contribution is 9.10. The molecule has 0 aliphatic carbocycles. The smallest absolute Gasteiger partial charge is 0.263 e. The lowest BCUT2D eigenvalue weighted by Gasteiger charge is -2.23. The molecule has 0 aliphatic heterocycles. The highest BCUT2D eigenvalue weighted by Gasteiger charge is 2.20. The van der Waals surface area contributed by atoms with Crippen molar-refractivity contribution in [3.63, 3.8) is 0 Å². The maximum absolute atomic E-state index is 13.1. The van der Waals surface area contributed by atoms with Gasteiger partial charge in [0.15, 0.2) is 6.10 Å². The number of carbonyl (C=O) groups excluding carboxylic acids is 1. The Morgan fingerprint density at radius 3 is 2.36 bits per heavy atom. The van der Waals surface area contributed by atoms with Gasteiger partial charge >= 0.3 is 0 Å². The van der Waals surface area contributed by atoms with Crippen LogP contribution in [0.15, 0.2) is 46.9 Å². The van der Waals surface area contributed by atoms with E-state index in [1.54, 1.807) is 18.9 Å². The molecule has 1 unspecified atom stereocenters. The summed E-state index contributed by atoms with van der Waals surface area (Å²) in [5.41, 5.74) is 2.15. The number of carbonyl (C=O) groups is 1. The summed E-state index contributed by atoms with van der Waals surface area (Å²) in [6, 6.07) is 12.1. The van der Waals surface area contributed by atoms with Crippen LogP contribution >= 0.6 is 15.9 Å². The number of nitrogens with zero attached hydrogens (tertiary/aromatic N) is 2. The lowest BCUT2D eigenvalue weighted by atomic mass is 10.2. The van der Waals surface area contributed by atoms with Crippen molar-refractivity contribution in [2.75, 3.05) is 26.0 Å². The Labute approximate surface area is 156 Å². The van der Waals surface area contributed by atoms with Gasteiger partial charge in [-0.3, -0.25) is 4.79 Å². The standard InChI is InChI=1S/C19H22BrFN2O2/c1-13(25-18-10-7-15(21)11-17(18)20)19(24)23(4)12-14-5-8-16(9-6-14)22(2)3/h5-11,13H,12H2,1-4H3. The third-order valence-corrected chi connectivity index (χ3v) is 4.41. The number of ether oxygens (including phenoxy) is 1. The summed E-state index contributed by atoms with van der Waals surface area (Å²) in [5.74, 6) is -0.0737. The summed E-state index contributed by atoms with van der Waals surface area (Å²) in [4.78, 5) is 16.1. The summed E-state index contributed by atoms with van der Waals surface area (Å²) in [7, 11) is 5.70. The second kappa shape index (κ2) is 8.34. The van der Waals surface area contributed by atoms with Crippen LogP contribution in [0, 0.1) is 5.82 Å². The van der Waals surface area contributed by atoms with Crippen LogP contribution in [0.5, 0.6) is 5.75 Å². The second-order valence-corrected chi connectivity index (χ2v) is 6.94. The first-order valence-electron chi connectivity index (χ1n) is 7.91. The molecule has 4 nitrogen and oxygen atoms in total. The molecule has 2 aromatic carbocycles. The van der Waals surface area contributed by atoms with E-state index in [9.17, 15) is 9.18 Å². The molecule has 0 spiro atoms. The summed E-state index contributed by atoms with van der Waals surface area (Å²) >= 11 is 3.24. The van der Waals surface area contributed by atoms with Crippen LogP contribution in [-0.4, -0.2) is 38.1 Å². The van der Waals surface area contributed by atoms with Crippen LogP contribution in [0.4, 0.5) is 10.1 Å². The van der Waals surface area contributed by atoms with E-state index in [0.29, 0.717) is 16.8 Å². The van der Waals surface area contributed by atoms with E-state index in [4.69, 9.17) is 4.74 Å². The van der Waals surface area contributed by atoms with Crippen LogP contribution in [0.2, 0.25) is 0 Å². The van der Waals surface area contributed by atoms with Gasteiger partial charge in [-0.05, 0) is 58.7 Å². The number of amides is 1. The SMILES string of the molecule is CC(Oc1ccc(F)cc1Br)C(=O)N(C)Cc1ccc(N(C)C)cc1. The van der Waals surface area contributed by atoms with Crippen molar-refractivity contribution in [3.8, 4) is 5.75 Å². The lowest BCUT2D eigenvalue weighted by molar-refractivity contribution is -0.137. The Hall–Kier alpha value is -2.08. The van der Waals surface area contributed by atoms with E-state index in [0.717, 1.165) is 11.3 Å². The van der Waals surface area contributed by atoms with Crippen molar-refractivity contribution < 1.29 is 13.9 Å². The molecule has 0 N–H and O–H groups in total. The molecule has 0 aliphatic rings. The van der Waals surface area contributed by atoms with Crippen LogP contribution in [0.25, 0.3) is 0 Å². The molecular weight excluding hydrogens is 387 g/mol. The number of benzene rings is 2. The summed E-state index contributed by atoms with van der Waals surface area (Å²) in [5, 5.41) is 0. The van der Waals surface area contributed by atoms with Crippen molar-refractivity contribution in [2.45, 2.75) is 19.6 Å². The van der Waals surface area contributed by atoms with Crippen LogP contribution < -0.4 is 9.64 Å². The zero-order valence-corrected chi connectivity index (χ0v) is 16.4. The molecule has 25 heavy (non-hydrogen) atoms. The Kier molecular flexibility index (Phi) is 6.42. The molecule has 0 saturated carbocycles. The molecule has 0 aromatic heterocycles. The van der Waals surface area contributed by atoms with Gasteiger partial charge in [0.05, 0.1) is 4.47 Å². The van der Waals surface area contributed by atoms with Gasteiger partial charge in [-0.2, -0.15) is 0 Å². The number of rotatable bonds is 6. The van der Waals surface area contributed by atoms with E-state index in [2.05, 4.69) is 15.9 Å². The number of hydrogen-bond acceptors (Lipinski definition) is 3. The van der Waals surface area contributed by atoms with Gasteiger partial charge in [-0.1, -0.05) is 12.1 Å². The molecular formula is C19H22BrFN2O2. The third kappa shape index (κ3) is 5.19. The van der Waals surface area contributed by atoms with Crippen LogP contribution in [0.3, 0.4) is 0 Å². The Morgan fingerprint density at radius 1 is 1.16 bits per heavy atom. The molecule has 2 aromatic rings. The van der Waals surface area contributed by atoms with Crippen LogP contribution in [0.1, 0.15) is 12.5 Å². The highest BCUT2D eigenvalue weighted by atomic mass is 79.9. The topological polar surface area (TPSA) is 32.8 Å². The van der Waals surface area contributed by atoms with Gasteiger partial charge in [0.2, 0.25) is 0 Å². The van der Waals surface area contributed by atoms with E-state index < -0.39 is 6.10 Å². The highest BCUT2D eigenvalue weighted by Crippen LogP contribution is 2.26. The first-order chi connectivity index (χ1) is 11.8. The zero-order chi connectivity index (χ0) is 18.6. The van der Waals surface area contributed by atoms with Crippen molar-refractivity contribution in [2.24, 2.45) is 0 Å². The molecule has 6 heteroatoms. The summed E-state index contributed by atoms with van der Waals surface area (Å²) in [6.07, 6.45) is -0.673. The first kappa shape index (κ1) is 19.2. The maximum atomic E-state index is 13.1.